The summed E-state index contributed by atoms with van der Waals surface area (Å²) in [6.45, 7) is 0.195. The number of ether oxygens (including phenoxy) is 1. The second kappa shape index (κ2) is 8.27. The van der Waals surface area contributed by atoms with E-state index in [2.05, 4.69) is 22.8 Å². The van der Waals surface area contributed by atoms with E-state index in [9.17, 15) is 4.79 Å². The van der Waals surface area contributed by atoms with Crippen LogP contribution in [0.4, 0.5) is 11.4 Å². The van der Waals surface area contributed by atoms with Crippen LogP contribution in [0.5, 0.6) is 11.5 Å². The summed E-state index contributed by atoms with van der Waals surface area (Å²) in [6, 6.07) is 31.1. The number of anilines is 2. The second-order valence-electron chi connectivity index (χ2n) is 6.40. The van der Waals surface area contributed by atoms with Crippen molar-refractivity contribution in [3.63, 3.8) is 0 Å². The molecule has 0 aromatic heterocycles. The lowest BCUT2D eigenvalue weighted by Crippen LogP contribution is -2.21. The third kappa shape index (κ3) is 4.48. The Balaban J connectivity index is 1.31. The maximum Gasteiger partial charge on any atom is 0.243 e. The van der Waals surface area contributed by atoms with Gasteiger partial charge in [0, 0.05) is 11.4 Å². The summed E-state index contributed by atoms with van der Waals surface area (Å²) < 4.78 is 5.75. The van der Waals surface area contributed by atoms with E-state index in [1.165, 1.54) is 5.39 Å². The van der Waals surface area contributed by atoms with Gasteiger partial charge in [-0.25, -0.2) is 0 Å². The SMILES string of the molecule is O=C(CNc1ccc2ccccc2c1)Nc1ccc(Oc2ccccc2)cc1. The van der Waals surface area contributed by atoms with Crippen LogP contribution in [-0.4, -0.2) is 12.5 Å². The summed E-state index contributed by atoms with van der Waals surface area (Å²) >= 11 is 0. The highest BCUT2D eigenvalue weighted by molar-refractivity contribution is 5.94. The fourth-order valence-electron chi connectivity index (χ4n) is 2.92. The minimum atomic E-state index is -0.107. The third-order valence-electron chi connectivity index (χ3n) is 4.32. The minimum absolute atomic E-state index is 0.107. The van der Waals surface area contributed by atoms with E-state index in [-0.39, 0.29) is 12.5 Å². The number of nitrogens with one attached hydrogen (secondary N) is 2. The molecule has 0 atom stereocenters. The zero-order valence-electron chi connectivity index (χ0n) is 15.3. The molecule has 0 unspecified atom stereocenters. The molecule has 0 aliphatic carbocycles. The largest absolute Gasteiger partial charge is 0.457 e. The Morgan fingerprint density at radius 2 is 1.32 bits per heavy atom. The Labute approximate surface area is 163 Å². The number of amides is 1. The van der Waals surface area contributed by atoms with Crippen LogP contribution in [-0.2, 0) is 4.79 Å². The molecule has 2 N–H and O–H groups in total. The highest BCUT2D eigenvalue weighted by atomic mass is 16.5. The summed E-state index contributed by atoms with van der Waals surface area (Å²) in [5, 5.41) is 8.36. The fraction of sp³-hybridized carbons (Fsp3) is 0.0417. The molecule has 0 fully saturated rings. The molecule has 138 valence electrons. The Kier molecular flexibility index (Phi) is 5.20. The lowest BCUT2D eigenvalue weighted by molar-refractivity contribution is -0.114. The van der Waals surface area contributed by atoms with Gasteiger partial charge in [-0.1, -0.05) is 48.5 Å². The molecule has 1 amide bonds. The van der Waals surface area contributed by atoms with E-state index in [4.69, 9.17) is 4.74 Å². The van der Waals surface area contributed by atoms with Crippen molar-refractivity contribution >= 4 is 28.1 Å². The summed E-state index contributed by atoms with van der Waals surface area (Å²) in [4.78, 5) is 12.2. The molecule has 0 saturated carbocycles. The Morgan fingerprint density at radius 1 is 0.679 bits per heavy atom. The topological polar surface area (TPSA) is 50.4 Å². The highest BCUT2D eigenvalue weighted by Gasteiger charge is 2.04. The molecular weight excluding hydrogens is 348 g/mol. The van der Waals surface area contributed by atoms with Gasteiger partial charge < -0.3 is 15.4 Å². The van der Waals surface area contributed by atoms with E-state index < -0.39 is 0 Å². The van der Waals surface area contributed by atoms with E-state index in [0.717, 1.165) is 28.3 Å². The predicted molar refractivity (Wildman–Crippen MR) is 114 cm³/mol. The lowest BCUT2D eigenvalue weighted by Gasteiger charge is -2.10. The second-order valence-corrected chi connectivity index (χ2v) is 6.40. The zero-order valence-corrected chi connectivity index (χ0v) is 15.3. The van der Waals surface area contributed by atoms with Gasteiger partial charge in [0.2, 0.25) is 5.91 Å². The first-order chi connectivity index (χ1) is 13.8. The van der Waals surface area contributed by atoms with Gasteiger partial charge in [0.15, 0.2) is 0 Å². The fourth-order valence-corrected chi connectivity index (χ4v) is 2.92. The Bertz CT molecular complexity index is 1080. The standard InChI is InChI=1S/C24H20N2O2/c27-24(17-25-21-11-10-18-6-4-5-7-19(18)16-21)26-20-12-14-23(15-13-20)28-22-8-2-1-3-9-22/h1-16,25H,17H2,(H,26,27). The predicted octanol–water partition coefficient (Wildman–Crippen LogP) is 5.68. The van der Waals surface area contributed by atoms with Crippen molar-refractivity contribution in [1.29, 1.82) is 0 Å². The normalized spacial score (nSPS) is 10.4. The smallest absolute Gasteiger partial charge is 0.243 e. The van der Waals surface area contributed by atoms with Gasteiger partial charge >= 0.3 is 0 Å². The average molecular weight is 368 g/mol. The molecule has 0 aliphatic heterocycles. The van der Waals surface area contributed by atoms with Crippen LogP contribution in [0, 0.1) is 0 Å². The third-order valence-corrected chi connectivity index (χ3v) is 4.32. The maximum absolute atomic E-state index is 12.2. The summed E-state index contributed by atoms with van der Waals surface area (Å²) in [6.07, 6.45) is 0. The Morgan fingerprint density at radius 3 is 2.11 bits per heavy atom. The molecule has 0 radical (unpaired) electrons. The molecule has 0 saturated heterocycles. The van der Waals surface area contributed by atoms with Gasteiger partial charge in [0.25, 0.3) is 0 Å². The van der Waals surface area contributed by atoms with Crippen molar-refractivity contribution in [2.24, 2.45) is 0 Å². The van der Waals surface area contributed by atoms with Crippen LogP contribution >= 0.6 is 0 Å². The van der Waals surface area contributed by atoms with Crippen molar-refractivity contribution in [3.8, 4) is 11.5 Å². The quantitative estimate of drug-likeness (QED) is 0.460. The van der Waals surface area contributed by atoms with E-state index in [1.807, 2.05) is 84.9 Å². The van der Waals surface area contributed by atoms with Crippen molar-refractivity contribution in [2.45, 2.75) is 0 Å². The van der Waals surface area contributed by atoms with E-state index in [0.29, 0.717) is 0 Å². The number of carbonyl (C=O) groups excluding carboxylic acids is 1. The number of hydrogen-bond acceptors (Lipinski definition) is 3. The van der Waals surface area contributed by atoms with Gasteiger partial charge in [-0.05, 0) is 59.3 Å². The first kappa shape index (κ1) is 17.6. The molecule has 4 rings (SSSR count). The molecule has 0 bridgehead atoms. The molecule has 28 heavy (non-hydrogen) atoms. The maximum atomic E-state index is 12.2. The molecule has 0 heterocycles. The lowest BCUT2D eigenvalue weighted by atomic mass is 10.1. The highest BCUT2D eigenvalue weighted by Crippen LogP contribution is 2.23. The number of benzene rings is 4. The van der Waals surface area contributed by atoms with Crippen molar-refractivity contribution in [3.05, 3.63) is 97.1 Å². The van der Waals surface area contributed by atoms with Crippen LogP contribution in [0.2, 0.25) is 0 Å². The zero-order chi connectivity index (χ0) is 19.2. The first-order valence-corrected chi connectivity index (χ1v) is 9.12. The van der Waals surface area contributed by atoms with Crippen molar-refractivity contribution in [2.75, 3.05) is 17.2 Å². The van der Waals surface area contributed by atoms with Crippen molar-refractivity contribution in [1.82, 2.24) is 0 Å². The number of rotatable bonds is 6. The van der Waals surface area contributed by atoms with Crippen LogP contribution in [0.25, 0.3) is 10.8 Å². The molecule has 4 heteroatoms. The van der Waals surface area contributed by atoms with Crippen molar-refractivity contribution < 1.29 is 9.53 Å². The molecule has 0 aliphatic rings. The monoisotopic (exact) mass is 368 g/mol. The average Bonchev–Trinajstić information content (AvgIpc) is 2.74. The van der Waals surface area contributed by atoms with E-state index >= 15 is 0 Å². The van der Waals surface area contributed by atoms with E-state index in [1.54, 1.807) is 0 Å². The summed E-state index contributed by atoms with van der Waals surface area (Å²) in [5.41, 5.74) is 1.64. The van der Waals surface area contributed by atoms with Gasteiger partial charge in [-0.2, -0.15) is 0 Å². The van der Waals surface area contributed by atoms with Crippen LogP contribution in [0.1, 0.15) is 0 Å². The number of hydrogen-bond donors (Lipinski definition) is 2. The molecule has 0 spiro atoms. The first-order valence-electron chi connectivity index (χ1n) is 9.12. The molecule has 4 nitrogen and oxygen atoms in total. The number of para-hydroxylation sites is 1. The summed E-state index contributed by atoms with van der Waals surface area (Å²) in [7, 11) is 0. The van der Waals surface area contributed by atoms with Crippen LogP contribution < -0.4 is 15.4 Å². The molecule has 4 aromatic carbocycles. The van der Waals surface area contributed by atoms with Crippen LogP contribution in [0.15, 0.2) is 97.1 Å². The summed E-state index contributed by atoms with van der Waals surface area (Å²) in [5.74, 6) is 1.39. The molecular formula is C24H20N2O2. The van der Waals surface area contributed by atoms with Gasteiger partial charge in [-0.3, -0.25) is 4.79 Å². The van der Waals surface area contributed by atoms with Gasteiger partial charge in [0.1, 0.15) is 11.5 Å². The molecule has 4 aromatic rings. The van der Waals surface area contributed by atoms with Gasteiger partial charge in [-0.15, -0.1) is 0 Å². The van der Waals surface area contributed by atoms with Gasteiger partial charge in [0.05, 0.1) is 6.54 Å². The minimum Gasteiger partial charge on any atom is -0.457 e. The van der Waals surface area contributed by atoms with Crippen LogP contribution in [0.3, 0.4) is 0 Å². The number of carbonyl (C=O) groups is 1. The number of fused-ring (bicyclic) bond motifs is 1. The Hall–Kier alpha value is -3.79.